The minimum absolute atomic E-state index is 0.170. The van der Waals surface area contributed by atoms with Gasteiger partial charge in [0.25, 0.3) is 0 Å². The minimum atomic E-state index is -3.37. The largest absolute Gasteiger partial charge is 0.371 e. The number of ether oxygens (including phenoxy) is 1. The summed E-state index contributed by atoms with van der Waals surface area (Å²) in [6, 6.07) is 10.4. The Morgan fingerprint density at radius 2 is 1.73 bits per heavy atom. The van der Waals surface area contributed by atoms with E-state index in [1.807, 2.05) is 12.1 Å². The first-order chi connectivity index (χ1) is 17.8. The van der Waals surface area contributed by atoms with Crippen LogP contribution in [-0.4, -0.2) is 65.3 Å². The zero-order chi connectivity index (χ0) is 25.6. The number of benzene rings is 1. The number of nitrogens with one attached hydrogen (secondary N) is 2. The molecule has 0 aliphatic carbocycles. The Balaban J connectivity index is 1.26. The second-order valence-corrected chi connectivity index (χ2v) is 11.6. The van der Waals surface area contributed by atoms with E-state index in [-0.39, 0.29) is 31.3 Å². The van der Waals surface area contributed by atoms with Gasteiger partial charge in [-0.15, -0.1) is 0 Å². The summed E-state index contributed by atoms with van der Waals surface area (Å²) in [7, 11) is -3.37. The van der Waals surface area contributed by atoms with Crippen LogP contribution >= 0.6 is 0 Å². The molecule has 2 amide bonds. The van der Waals surface area contributed by atoms with E-state index in [4.69, 9.17) is 14.7 Å². The summed E-state index contributed by atoms with van der Waals surface area (Å²) in [5.74, 6) is 1.30. The second-order valence-electron chi connectivity index (χ2n) is 9.59. The van der Waals surface area contributed by atoms with Crippen LogP contribution in [0.3, 0.4) is 0 Å². The molecule has 37 heavy (non-hydrogen) atoms. The Morgan fingerprint density at radius 1 is 1.00 bits per heavy atom. The molecule has 3 aliphatic rings. The molecule has 2 N–H and O–H groups in total. The molecule has 0 radical (unpaired) electrons. The monoisotopic (exact) mass is 521 g/mol. The number of anilines is 3. The van der Waals surface area contributed by atoms with Gasteiger partial charge in [-0.2, -0.15) is 4.31 Å². The van der Waals surface area contributed by atoms with Gasteiger partial charge >= 0.3 is 6.03 Å². The standard InChI is InChI=1S/C25H27N7O4S/c1-37(34,35)32-14-21-22(15-32)29-23(30-24(21)31-12-19-8-9-20(13-31)36-19)16-4-6-17(7-5-16)27-25(33)28-18-3-2-10-26-11-18/h2-7,10-11,19-20H,8-9,12-15H2,1H3,(H2,27,28,33). The third-order valence-corrected chi connectivity index (χ3v) is 8.06. The first kappa shape index (κ1) is 23.8. The normalized spacial score (nSPS) is 21.1. The second kappa shape index (κ2) is 9.36. The topological polar surface area (TPSA) is 130 Å². The molecule has 6 rings (SSSR count). The van der Waals surface area contributed by atoms with Crippen molar-refractivity contribution >= 4 is 33.2 Å². The van der Waals surface area contributed by atoms with Crippen molar-refractivity contribution < 1.29 is 17.9 Å². The molecule has 2 bridgehead atoms. The molecular formula is C25H27N7O4S. The Bertz CT molecular complexity index is 1420. The highest BCUT2D eigenvalue weighted by molar-refractivity contribution is 7.88. The number of nitrogens with zero attached hydrogens (tertiary/aromatic N) is 5. The number of urea groups is 1. The third kappa shape index (κ3) is 4.99. The number of hydrogen-bond acceptors (Lipinski definition) is 8. The molecule has 1 aromatic carbocycles. The summed E-state index contributed by atoms with van der Waals surface area (Å²) >= 11 is 0. The fourth-order valence-electron chi connectivity index (χ4n) is 5.05. The highest BCUT2D eigenvalue weighted by Gasteiger charge is 2.38. The van der Waals surface area contributed by atoms with Crippen molar-refractivity contribution in [2.45, 2.75) is 38.1 Å². The summed E-state index contributed by atoms with van der Waals surface area (Å²) in [6.07, 6.45) is 6.82. The van der Waals surface area contributed by atoms with Gasteiger partial charge in [-0.3, -0.25) is 4.98 Å². The molecule has 2 aromatic heterocycles. The number of sulfonamides is 1. The Morgan fingerprint density at radius 3 is 2.41 bits per heavy atom. The lowest BCUT2D eigenvalue weighted by Gasteiger charge is -2.34. The fourth-order valence-corrected chi connectivity index (χ4v) is 5.78. The fraction of sp³-hybridized carbons (Fsp3) is 0.360. The van der Waals surface area contributed by atoms with E-state index >= 15 is 0 Å². The smallest absolute Gasteiger partial charge is 0.323 e. The van der Waals surface area contributed by atoms with E-state index in [9.17, 15) is 13.2 Å². The molecule has 0 spiro atoms. The van der Waals surface area contributed by atoms with E-state index in [1.165, 1.54) is 10.6 Å². The zero-order valence-corrected chi connectivity index (χ0v) is 21.1. The lowest BCUT2D eigenvalue weighted by molar-refractivity contribution is 0.0301. The average molecular weight is 522 g/mol. The molecule has 2 atom stereocenters. The van der Waals surface area contributed by atoms with Crippen molar-refractivity contribution in [3.8, 4) is 11.4 Å². The van der Waals surface area contributed by atoms with Gasteiger partial charge in [-0.05, 0) is 49.2 Å². The molecule has 11 nitrogen and oxygen atoms in total. The van der Waals surface area contributed by atoms with Crippen LogP contribution in [0, 0.1) is 0 Å². The van der Waals surface area contributed by atoms with Crippen molar-refractivity contribution in [2.24, 2.45) is 0 Å². The Hall–Kier alpha value is -3.61. The van der Waals surface area contributed by atoms with Crippen molar-refractivity contribution in [3.63, 3.8) is 0 Å². The van der Waals surface area contributed by atoms with Crippen molar-refractivity contribution in [3.05, 3.63) is 60.0 Å². The lowest BCUT2D eigenvalue weighted by Crippen LogP contribution is -2.43. The molecule has 2 fully saturated rings. The maximum absolute atomic E-state index is 12.3. The Labute approximate surface area is 214 Å². The van der Waals surface area contributed by atoms with Crippen LogP contribution in [0.2, 0.25) is 0 Å². The van der Waals surface area contributed by atoms with Gasteiger partial charge in [0, 0.05) is 42.6 Å². The molecule has 5 heterocycles. The van der Waals surface area contributed by atoms with Crippen molar-refractivity contribution in [2.75, 3.05) is 34.9 Å². The number of carbonyl (C=O) groups excluding carboxylic acids is 1. The molecular weight excluding hydrogens is 494 g/mol. The zero-order valence-electron chi connectivity index (χ0n) is 20.3. The first-order valence-corrected chi connectivity index (χ1v) is 14.0. The predicted octanol–water partition coefficient (Wildman–Crippen LogP) is 2.83. The number of pyridine rings is 1. The van der Waals surface area contributed by atoms with Crippen LogP contribution in [-0.2, 0) is 27.8 Å². The van der Waals surface area contributed by atoms with Gasteiger partial charge in [0.05, 0.1) is 42.6 Å². The third-order valence-electron chi connectivity index (χ3n) is 6.86. The molecule has 0 saturated carbocycles. The van der Waals surface area contributed by atoms with Crippen LogP contribution in [0.5, 0.6) is 0 Å². The van der Waals surface area contributed by atoms with Crippen molar-refractivity contribution in [1.82, 2.24) is 19.3 Å². The number of rotatable bonds is 5. The number of hydrogen-bond donors (Lipinski definition) is 2. The molecule has 3 aliphatic heterocycles. The minimum Gasteiger partial charge on any atom is -0.371 e. The van der Waals surface area contributed by atoms with E-state index < -0.39 is 10.0 Å². The quantitative estimate of drug-likeness (QED) is 0.524. The lowest BCUT2D eigenvalue weighted by atomic mass is 10.1. The molecule has 2 saturated heterocycles. The summed E-state index contributed by atoms with van der Waals surface area (Å²) in [4.78, 5) is 28.2. The van der Waals surface area contributed by atoms with Crippen LogP contribution in [0.4, 0.5) is 22.0 Å². The number of fused-ring (bicyclic) bond motifs is 3. The average Bonchev–Trinajstić information content (AvgIpc) is 3.47. The molecule has 2 unspecified atom stereocenters. The maximum Gasteiger partial charge on any atom is 0.323 e. The van der Waals surface area contributed by atoms with Gasteiger partial charge in [-0.25, -0.2) is 23.2 Å². The van der Waals surface area contributed by atoms with E-state index in [0.29, 0.717) is 17.2 Å². The molecule has 3 aromatic rings. The number of carbonyl (C=O) groups is 1. The number of aromatic nitrogens is 3. The van der Waals surface area contributed by atoms with Crippen LogP contribution in [0.15, 0.2) is 48.8 Å². The van der Waals surface area contributed by atoms with Gasteiger partial charge in [0.1, 0.15) is 5.82 Å². The van der Waals surface area contributed by atoms with Crippen LogP contribution in [0.1, 0.15) is 24.1 Å². The van der Waals surface area contributed by atoms with Crippen LogP contribution < -0.4 is 15.5 Å². The number of amides is 2. The van der Waals surface area contributed by atoms with Gasteiger partial charge in [0.2, 0.25) is 10.0 Å². The molecule has 192 valence electrons. The highest BCUT2D eigenvalue weighted by Crippen LogP contribution is 2.36. The summed E-state index contributed by atoms with van der Waals surface area (Å²) in [5.41, 5.74) is 3.56. The Kier molecular flexibility index (Phi) is 6.01. The highest BCUT2D eigenvalue weighted by atomic mass is 32.2. The summed E-state index contributed by atoms with van der Waals surface area (Å²) < 4.78 is 32.0. The summed E-state index contributed by atoms with van der Waals surface area (Å²) in [5, 5.41) is 5.53. The van der Waals surface area contributed by atoms with Crippen molar-refractivity contribution in [1.29, 1.82) is 0 Å². The van der Waals surface area contributed by atoms with E-state index in [2.05, 4.69) is 20.5 Å². The maximum atomic E-state index is 12.3. The SMILES string of the molecule is CS(=O)(=O)N1Cc2nc(-c3ccc(NC(=O)Nc4cccnc4)cc3)nc(N3CC4CCC(C3)O4)c2C1. The summed E-state index contributed by atoms with van der Waals surface area (Å²) in [6.45, 7) is 1.95. The van der Waals surface area contributed by atoms with E-state index in [1.54, 1.807) is 36.7 Å². The number of morpholine rings is 1. The first-order valence-electron chi connectivity index (χ1n) is 12.2. The van der Waals surface area contributed by atoms with Crippen LogP contribution in [0.25, 0.3) is 11.4 Å². The van der Waals surface area contributed by atoms with Gasteiger partial charge in [-0.1, -0.05) is 0 Å². The van der Waals surface area contributed by atoms with Gasteiger partial charge in [0.15, 0.2) is 5.82 Å². The molecule has 12 heteroatoms. The van der Waals surface area contributed by atoms with E-state index in [0.717, 1.165) is 48.6 Å². The van der Waals surface area contributed by atoms with Gasteiger partial charge < -0.3 is 20.3 Å². The predicted molar refractivity (Wildman–Crippen MR) is 139 cm³/mol.